The van der Waals surface area contributed by atoms with E-state index in [2.05, 4.69) is 20.8 Å². The number of nitrogens with two attached hydrogens (primary N) is 1. The molecule has 0 bridgehead atoms. The normalized spacial score (nSPS) is 14.5. The largest absolute Gasteiger partial charge is 0.408 e. The third-order valence-corrected chi connectivity index (χ3v) is 2.62. The Morgan fingerprint density at radius 3 is 3.00 bits per heavy atom. The van der Waals surface area contributed by atoms with E-state index in [-0.39, 0.29) is 5.91 Å². The van der Waals surface area contributed by atoms with E-state index in [9.17, 15) is 4.79 Å². The summed E-state index contributed by atoms with van der Waals surface area (Å²) in [7, 11) is 0. The molecule has 1 aromatic rings. The number of aromatic nitrogens is 2. The van der Waals surface area contributed by atoms with Crippen LogP contribution in [0.5, 0.6) is 0 Å². The summed E-state index contributed by atoms with van der Waals surface area (Å²) in [5, 5.41) is 13.6. The minimum Gasteiger partial charge on any atom is -0.408 e. The Morgan fingerprint density at radius 1 is 1.44 bits per heavy atom. The third kappa shape index (κ3) is 4.33. The van der Waals surface area contributed by atoms with Gasteiger partial charge in [0.25, 0.3) is 0 Å². The molecule has 0 unspecified atom stereocenters. The van der Waals surface area contributed by atoms with E-state index >= 15 is 0 Å². The first-order valence-corrected chi connectivity index (χ1v) is 6.33. The van der Waals surface area contributed by atoms with E-state index in [1.807, 2.05) is 0 Å². The summed E-state index contributed by atoms with van der Waals surface area (Å²) in [4.78, 5) is 11.4. The van der Waals surface area contributed by atoms with Gasteiger partial charge in [0.05, 0.1) is 0 Å². The molecule has 0 radical (unpaired) electrons. The van der Waals surface area contributed by atoms with Crippen LogP contribution in [0.15, 0.2) is 4.42 Å². The smallest absolute Gasteiger partial charge is 0.315 e. The van der Waals surface area contributed by atoms with Crippen molar-refractivity contribution < 1.29 is 9.21 Å². The van der Waals surface area contributed by atoms with Crippen molar-refractivity contribution in [1.82, 2.24) is 15.5 Å². The molecule has 0 aromatic carbocycles. The monoisotopic (exact) mass is 253 g/mol. The number of hydrogen-bond acceptors (Lipinski definition) is 6. The quantitative estimate of drug-likeness (QED) is 0.565. The Balaban J connectivity index is 1.57. The van der Waals surface area contributed by atoms with E-state index in [1.54, 1.807) is 0 Å². The van der Waals surface area contributed by atoms with Crippen LogP contribution >= 0.6 is 0 Å². The Hall–Kier alpha value is -1.63. The Kier molecular flexibility index (Phi) is 4.52. The van der Waals surface area contributed by atoms with Gasteiger partial charge in [-0.15, -0.1) is 5.10 Å². The zero-order valence-corrected chi connectivity index (χ0v) is 10.3. The molecule has 0 saturated heterocycles. The van der Waals surface area contributed by atoms with Crippen molar-refractivity contribution in [3.63, 3.8) is 0 Å². The van der Waals surface area contributed by atoms with Crippen LogP contribution in [0.2, 0.25) is 0 Å². The molecule has 0 spiro atoms. The number of hydrogen-bond donors (Lipinski definition) is 3. The fraction of sp³-hybridized carbons (Fsp3) is 0.727. The van der Waals surface area contributed by atoms with Gasteiger partial charge in [-0.25, -0.2) is 0 Å². The molecule has 1 heterocycles. The highest BCUT2D eigenvalue weighted by Gasteiger charge is 2.22. The van der Waals surface area contributed by atoms with Crippen LogP contribution in [-0.2, 0) is 11.2 Å². The van der Waals surface area contributed by atoms with E-state index < -0.39 is 0 Å². The molecule has 2 rings (SSSR count). The summed E-state index contributed by atoms with van der Waals surface area (Å²) in [6.45, 7) is 1.13. The van der Waals surface area contributed by atoms with Gasteiger partial charge in [-0.2, -0.15) is 0 Å². The molecule has 4 N–H and O–H groups in total. The zero-order valence-electron chi connectivity index (χ0n) is 10.3. The van der Waals surface area contributed by atoms with E-state index in [4.69, 9.17) is 10.2 Å². The fourth-order valence-electron chi connectivity index (χ4n) is 1.52. The first-order chi connectivity index (χ1) is 8.78. The molecular formula is C11H19N5O2. The van der Waals surface area contributed by atoms with Crippen molar-refractivity contribution in [1.29, 1.82) is 0 Å². The van der Waals surface area contributed by atoms with Gasteiger partial charge in [0.1, 0.15) is 0 Å². The SMILES string of the molecule is NCCc1nnc(NCCCC(=O)NC2CC2)o1. The van der Waals surface area contributed by atoms with E-state index in [0.717, 1.165) is 19.3 Å². The molecule has 1 aliphatic rings. The lowest BCUT2D eigenvalue weighted by molar-refractivity contribution is -0.121. The van der Waals surface area contributed by atoms with Crippen molar-refractivity contribution in [3.05, 3.63) is 5.89 Å². The number of anilines is 1. The Morgan fingerprint density at radius 2 is 2.28 bits per heavy atom. The van der Waals surface area contributed by atoms with Gasteiger partial charge in [0.15, 0.2) is 0 Å². The lowest BCUT2D eigenvalue weighted by atomic mass is 10.3. The van der Waals surface area contributed by atoms with Crippen LogP contribution in [-0.4, -0.2) is 35.2 Å². The van der Waals surface area contributed by atoms with E-state index in [0.29, 0.717) is 43.9 Å². The van der Waals surface area contributed by atoms with Gasteiger partial charge in [-0.3, -0.25) is 4.79 Å². The van der Waals surface area contributed by atoms with Crippen LogP contribution in [0, 0.1) is 0 Å². The summed E-state index contributed by atoms with van der Waals surface area (Å²) >= 11 is 0. The molecule has 7 nitrogen and oxygen atoms in total. The predicted molar refractivity (Wildman–Crippen MR) is 65.9 cm³/mol. The molecule has 1 fully saturated rings. The van der Waals surface area contributed by atoms with Gasteiger partial charge in [-0.05, 0) is 19.3 Å². The van der Waals surface area contributed by atoms with Gasteiger partial charge in [0.2, 0.25) is 11.8 Å². The van der Waals surface area contributed by atoms with Crippen LogP contribution in [0.1, 0.15) is 31.6 Å². The standard InChI is InChI=1S/C11H19N5O2/c12-6-5-10-15-16-11(18-10)13-7-1-2-9(17)14-8-3-4-8/h8H,1-7,12H2,(H,13,16)(H,14,17). The molecule has 7 heteroatoms. The van der Waals surface area contributed by atoms with Gasteiger partial charge in [0, 0.05) is 32.0 Å². The highest BCUT2D eigenvalue weighted by Crippen LogP contribution is 2.18. The maximum atomic E-state index is 11.4. The average molecular weight is 253 g/mol. The summed E-state index contributed by atoms with van der Waals surface area (Å²) in [6.07, 6.45) is 4.09. The summed E-state index contributed by atoms with van der Waals surface area (Å²) in [5.74, 6) is 0.653. The van der Waals surface area contributed by atoms with Crippen LogP contribution in [0.4, 0.5) is 6.01 Å². The van der Waals surface area contributed by atoms with Gasteiger partial charge < -0.3 is 20.8 Å². The van der Waals surface area contributed by atoms with E-state index in [1.165, 1.54) is 0 Å². The lowest BCUT2D eigenvalue weighted by Gasteiger charge is -2.03. The summed E-state index contributed by atoms with van der Waals surface area (Å²) < 4.78 is 5.29. The minimum atomic E-state index is 0.119. The Labute approximate surface area is 106 Å². The highest BCUT2D eigenvalue weighted by molar-refractivity contribution is 5.76. The Bertz CT molecular complexity index is 389. The second kappa shape index (κ2) is 6.34. The van der Waals surface area contributed by atoms with Crippen molar-refractivity contribution in [2.24, 2.45) is 5.73 Å². The maximum Gasteiger partial charge on any atom is 0.315 e. The van der Waals surface area contributed by atoms with Crippen molar-refractivity contribution in [2.75, 3.05) is 18.4 Å². The van der Waals surface area contributed by atoms with Crippen molar-refractivity contribution >= 4 is 11.9 Å². The zero-order chi connectivity index (χ0) is 12.8. The second-order valence-electron chi connectivity index (χ2n) is 4.41. The average Bonchev–Trinajstić information content (AvgIpc) is 3.04. The van der Waals surface area contributed by atoms with Crippen LogP contribution in [0.25, 0.3) is 0 Å². The molecule has 100 valence electrons. The third-order valence-electron chi connectivity index (χ3n) is 2.62. The molecule has 1 amide bonds. The molecule has 0 aliphatic heterocycles. The summed E-state index contributed by atoms with van der Waals surface area (Å²) in [5.41, 5.74) is 5.38. The summed E-state index contributed by atoms with van der Waals surface area (Å²) in [6, 6.07) is 0.821. The number of carbonyl (C=O) groups excluding carboxylic acids is 1. The molecule has 1 aliphatic carbocycles. The molecular weight excluding hydrogens is 234 g/mol. The first kappa shape index (κ1) is 12.8. The van der Waals surface area contributed by atoms with Crippen LogP contribution in [0.3, 0.4) is 0 Å². The fourth-order valence-corrected chi connectivity index (χ4v) is 1.52. The molecule has 0 atom stereocenters. The lowest BCUT2D eigenvalue weighted by Crippen LogP contribution is -2.25. The first-order valence-electron chi connectivity index (χ1n) is 6.33. The number of nitrogens with zero attached hydrogens (tertiary/aromatic N) is 2. The number of rotatable bonds is 8. The van der Waals surface area contributed by atoms with Crippen molar-refractivity contribution in [2.45, 2.75) is 38.1 Å². The predicted octanol–water partition coefficient (Wildman–Crippen LogP) is 0.0415. The number of nitrogens with one attached hydrogen (secondary N) is 2. The molecule has 1 saturated carbocycles. The number of amides is 1. The molecule has 18 heavy (non-hydrogen) atoms. The number of carbonyl (C=O) groups is 1. The second-order valence-corrected chi connectivity index (χ2v) is 4.41. The van der Waals surface area contributed by atoms with Crippen molar-refractivity contribution in [3.8, 4) is 0 Å². The highest BCUT2D eigenvalue weighted by atomic mass is 16.4. The van der Waals surface area contributed by atoms with Gasteiger partial charge in [-0.1, -0.05) is 5.10 Å². The van der Waals surface area contributed by atoms with Gasteiger partial charge >= 0.3 is 6.01 Å². The van der Waals surface area contributed by atoms with Crippen LogP contribution < -0.4 is 16.4 Å². The maximum absolute atomic E-state index is 11.4. The molecule has 1 aromatic heterocycles. The topological polar surface area (TPSA) is 106 Å². The minimum absolute atomic E-state index is 0.119.